The van der Waals surface area contributed by atoms with Crippen LogP contribution in [0.2, 0.25) is 0 Å². The van der Waals surface area contributed by atoms with Crippen molar-refractivity contribution in [1.29, 1.82) is 0 Å². The van der Waals surface area contributed by atoms with Crippen LogP contribution >= 0.6 is 0 Å². The van der Waals surface area contributed by atoms with E-state index in [0.717, 1.165) is 11.1 Å². The van der Waals surface area contributed by atoms with Crippen LogP contribution in [-0.2, 0) is 10.0 Å². The van der Waals surface area contributed by atoms with Crippen LogP contribution in [0.5, 0.6) is 0 Å². The number of hydrogen-bond donors (Lipinski definition) is 1. The van der Waals surface area contributed by atoms with Crippen LogP contribution in [-0.4, -0.2) is 14.5 Å². The number of sulfonamides is 1. The highest BCUT2D eigenvalue weighted by molar-refractivity contribution is 7.90. The van der Waals surface area contributed by atoms with E-state index in [1.54, 1.807) is 0 Å². The van der Waals surface area contributed by atoms with E-state index in [0.29, 0.717) is 0 Å². The highest BCUT2D eigenvalue weighted by atomic mass is 32.2. The molecule has 0 saturated carbocycles. The molecular formula is C16H19NO2S. The maximum absolute atomic E-state index is 12.6. The van der Waals surface area contributed by atoms with Gasteiger partial charge < -0.3 is 0 Å². The average molecular weight is 289 g/mol. The van der Waals surface area contributed by atoms with Crippen molar-refractivity contribution in [1.82, 2.24) is 4.72 Å². The topological polar surface area (TPSA) is 46.2 Å². The van der Waals surface area contributed by atoms with E-state index >= 15 is 0 Å². The van der Waals surface area contributed by atoms with Crippen LogP contribution in [0.4, 0.5) is 0 Å². The highest BCUT2D eigenvalue weighted by Gasteiger charge is 2.29. The third-order valence-electron chi connectivity index (χ3n) is 2.91. The van der Waals surface area contributed by atoms with E-state index < -0.39 is 15.3 Å². The van der Waals surface area contributed by atoms with Crippen LogP contribution < -0.4 is 4.72 Å². The molecule has 0 fully saturated rings. The Morgan fingerprint density at radius 3 is 1.55 bits per heavy atom. The Hall–Kier alpha value is -1.65. The van der Waals surface area contributed by atoms with E-state index in [2.05, 4.69) is 4.72 Å². The monoisotopic (exact) mass is 289 g/mol. The molecule has 0 heterocycles. The number of hydrogen-bond acceptors (Lipinski definition) is 2. The minimum absolute atomic E-state index is 0.130. The molecule has 0 unspecified atom stereocenters. The number of nitrogens with one attached hydrogen (secondary N) is 1. The van der Waals surface area contributed by atoms with Crippen LogP contribution in [0.25, 0.3) is 0 Å². The smallest absolute Gasteiger partial charge is 0.212 e. The molecule has 0 aromatic heterocycles. The predicted octanol–water partition coefficient (Wildman–Crippen LogP) is 3.10. The van der Waals surface area contributed by atoms with Crippen molar-refractivity contribution in [3.63, 3.8) is 0 Å². The molecule has 0 spiro atoms. The SMILES string of the molecule is CC(C)NS(=O)(=O)C(c1ccccc1)c1ccccc1. The van der Waals surface area contributed by atoms with Crippen molar-refractivity contribution < 1.29 is 8.42 Å². The molecule has 106 valence electrons. The third-order valence-corrected chi connectivity index (χ3v) is 4.88. The van der Waals surface area contributed by atoms with E-state index in [4.69, 9.17) is 0 Å². The fourth-order valence-electron chi connectivity index (χ4n) is 2.20. The molecule has 1 N–H and O–H groups in total. The molecular weight excluding hydrogens is 270 g/mol. The number of benzene rings is 2. The van der Waals surface area contributed by atoms with Gasteiger partial charge in [0.05, 0.1) is 0 Å². The lowest BCUT2D eigenvalue weighted by Crippen LogP contribution is -2.34. The summed E-state index contributed by atoms with van der Waals surface area (Å²) in [5.74, 6) is 0. The second-order valence-corrected chi connectivity index (χ2v) is 6.82. The van der Waals surface area contributed by atoms with E-state index in [9.17, 15) is 8.42 Å². The van der Waals surface area contributed by atoms with E-state index in [1.165, 1.54) is 0 Å². The van der Waals surface area contributed by atoms with Crippen molar-refractivity contribution in [2.75, 3.05) is 0 Å². The van der Waals surface area contributed by atoms with Crippen molar-refractivity contribution in [3.8, 4) is 0 Å². The maximum Gasteiger partial charge on any atom is 0.223 e. The summed E-state index contributed by atoms with van der Waals surface area (Å²) in [5, 5.41) is -0.688. The van der Waals surface area contributed by atoms with Gasteiger partial charge in [-0.1, -0.05) is 60.7 Å². The molecule has 4 heteroatoms. The lowest BCUT2D eigenvalue weighted by atomic mass is 10.0. The Labute approximate surface area is 120 Å². The molecule has 0 radical (unpaired) electrons. The molecule has 0 aliphatic rings. The standard InChI is InChI=1S/C16H19NO2S/c1-13(2)17-20(18,19)16(14-9-5-3-6-10-14)15-11-7-4-8-12-15/h3-13,16-17H,1-2H3. The summed E-state index contributed by atoms with van der Waals surface area (Å²) < 4.78 is 28.0. The maximum atomic E-state index is 12.6. The first-order valence-electron chi connectivity index (χ1n) is 6.62. The zero-order chi connectivity index (χ0) is 14.6. The normalized spacial score (nSPS) is 12.0. The van der Waals surface area contributed by atoms with Crippen LogP contribution in [0.15, 0.2) is 60.7 Å². The van der Waals surface area contributed by atoms with Gasteiger partial charge in [-0.25, -0.2) is 13.1 Å². The molecule has 2 rings (SSSR count). The fraction of sp³-hybridized carbons (Fsp3) is 0.250. The lowest BCUT2D eigenvalue weighted by molar-refractivity contribution is 0.562. The minimum Gasteiger partial charge on any atom is -0.212 e. The quantitative estimate of drug-likeness (QED) is 0.919. The highest BCUT2D eigenvalue weighted by Crippen LogP contribution is 2.29. The molecule has 0 saturated heterocycles. The zero-order valence-corrected chi connectivity index (χ0v) is 12.5. The second kappa shape index (κ2) is 6.20. The Bertz CT molecular complexity index is 597. The first-order valence-corrected chi connectivity index (χ1v) is 8.16. The summed E-state index contributed by atoms with van der Waals surface area (Å²) in [6.45, 7) is 3.65. The Balaban J connectivity index is 2.51. The van der Waals surface area contributed by atoms with E-state index in [1.807, 2.05) is 74.5 Å². The van der Waals surface area contributed by atoms with Crippen molar-refractivity contribution >= 4 is 10.0 Å². The summed E-state index contributed by atoms with van der Waals surface area (Å²) in [5.41, 5.74) is 1.54. The van der Waals surface area contributed by atoms with Crippen LogP contribution in [0.1, 0.15) is 30.2 Å². The van der Waals surface area contributed by atoms with Gasteiger partial charge in [-0.2, -0.15) is 0 Å². The van der Waals surface area contributed by atoms with Gasteiger partial charge >= 0.3 is 0 Å². The zero-order valence-electron chi connectivity index (χ0n) is 11.7. The number of rotatable bonds is 5. The molecule has 0 bridgehead atoms. The van der Waals surface area contributed by atoms with Crippen LogP contribution in [0.3, 0.4) is 0 Å². The summed E-state index contributed by atoms with van der Waals surface area (Å²) in [7, 11) is -3.48. The summed E-state index contributed by atoms with van der Waals surface area (Å²) in [6, 6.07) is 18.4. The average Bonchev–Trinajstić information content (AvgIpc) is 2.39. The minimum atomic E-state index is -3.48. The molecule has 20 heavy (non-hydrogen) atoms. The lowest BCUT2D eigenvalue weighted by Gasteiger charge is -2.20. The Morgan fingerprint density at radius 1 is 0.800 bits per heavy atom. The third kappa shape index (κ3) is 3.46. The second-order valence-electron chi connectivity index (χ2n) is 5.02. The largest absolute Gasteiger partial charge is 0.223 e. The predicted molar refractivity (Wildman–Crippen MR) is 81.9 cm³/mol. The van der Waals surface area contributed by atoms with Gasteiger partial charge in [0.25, 0.3) is 0 Å². The molecule has 0 aliphatic carbocycles. The van der Waals surface area contributed by atoms with Gasteiger partial charge in [0, 0.05) is 6.04 Å². The molecule has 0 atom stereocenters. The molecule has 0 amide bonds. The Kier molecular flexibility index (Phi) is 4.57. The fourth-order valence-corrected chi connectivity index (χ4v) is 4.03. The molecule has 2 aromatic carbocycles. The first-order chi connectivity index (χ1) is 9.50. The molecule has 3 nitrogen and oxygen atoms in total. The van der Waals surface area contributed by atoms with Gasteiger partial charge in [0.1, 0.15) is 5.25 Å². The van der Waals surface area contributed by atoms with Gasteiger partial charge in [0.2, 0.25) is 10.0 Å². The Morgan fingerprint density at radius 2 is 1.20 bits per heavy atom. The van der Waals surface area contributed by atoms with Crippen LogP contribution in [0, 0.1) is 0 Å². The van der Waals surface area contributed by atoms with Gasteiger partial charge in [-0.05, 0) is 25.0 Å². The van der Waals surface area contributed by atoms with Crippen molar-refractivity contribution in [3.05, 3.63) is 71.8 Å². The molecule has 2 aromatic rings. The van der Waals surface area contributed by atoms with E-state index in [-0.39, 0.29) is 6.04 Å². The summed E-state index contributed by atoms with van der Waals surface area (Å²) >= 11 is 0. The van der Waals surface area contributed by atoms with Gasteiger partial charge in [-0.3, -0.25) is 0 Å². The molecule has 0 aliphatic heterocycles. The first kappa shape index (κ1) is 14.8. The van der Waals surface area contributed by atoms with Gasteiger partial charge in [-0.15, -0.1) is 0 Å². The summed E-state index contributed by atoms with van der Waals surface area (Å²) in [6.07, 6.45) is 0. The summed E-state index contributed by atoms with van der Waals surface area (Å²) in [4.78, 5) is 0. The van der Waals surface area contributed by atoms with Crippen molar-refractivity contribution in [2.24, 2.45) is 0 Å². The van der Waals surface area contributed by atoms with Gasteiger partial charge in [0.15, 0.2) is 0 Å². The van der Waals surface area contributed by atoms with Crippen molar-refractivity contribution in [2.45, 2.75) is 25.1 Å².